The Kier molecular flexibility index (Phi) is 4.59. The molecule has 0 saturated heterocycles. The van der Waals surface area contributed by atoms with E-state index in [-0.39, 0.29) is 16.9 Å². The van der Waals surface area contributed by atoms with Crippen molar-refractivity contribution in [2.75, 3.05) is 7.11 Å². The van der Waals surface area contributed by atoms with Crippen LogP contribution in [0.2, 0.25) is 5.28 Å². The van der Waals surface area contributed by atoms with Gasteiger partial charge in [0.25, 0.3) is 10.0 Å². The summed E-state index contributed by atoms with van der Waals surface area (Å²) < 4.78 is 32.7. The number of hydrogen-bond acceptors (Lipinski definition) is 7. The van der Waals surface area contributed by atoms with E-state index in [0.717, 1.165) is 30.6 Å². The predicted octanol–water partition coefficient (Wildman–Crippen LogP) is 0.766. The average Bonchev–Trinajstić information content (AvgIpc) is 3.38. The minimum absolute atomic E-state index is 0.145. The zero-order chi connectivity index (χ0) is 19.1. The number of methoxy groups -OCH3 is 1. The number of amides is 1. The van der Waals surface area contributed by atoms with Crippen LogP contribution < -0.4 is 10.4 Å². The van der Waals surface area contributed by atoms with Crippen LogP contribution in [0, 0.1) is 0 Å². The molecule has 26 heavy (non-hydrogen) atoms. The molecule has 1 aromatic heterocycles. The van der Waals surface area contributed by atoms with Crippen LogP contribution in [0.4, 0.5) is 4.79 Å². The molecule has 1 aliphatic carbocycles. The lowest BCUT2D eigenvalue weighted by molar-refractivity contribution is 0.0596. The fourth-order valence-corrected chi connectivity index (χ4v) is 3.73. The predicted molar refractivity (Wildman–Crippen MR) is 88.7 cm³/mol. The van der Waals surface area contributed by atoms with Gasteiger partial charge in [-0.3, -0.25) is 4.57 Å². The molecule has 138 valence electrons. The third-order valence-corrected chi connectivity index (χ3v) is 5.31. The van der Waals surface area contributed by atoms with Gasteiger partial charge in [-0.2, -0.15) is 0 Å². The molecule has 0 radical (unpaired) electrons. The normalized spacial score (nSPS) is 14.1. The lowest BCUT2D eigenvalue weighted by atomic mass is 10.2. The van der Waals surface area contributed by atoms with Crippen molar-refractivity contribution in [2.45, 2.75) is 23.8 Å². The van der Waals surface area contributed by atoms with Crippen LogP contribution in [0.3, 0.4) is 0 Å². The Balaban J connectivity index is 1.94. The minimum atomic E-state index is -4.47. The topological polar surface area (TPSA) is 129 Å². The lowest BCUT2D eigenvalue weighted by Gasteiger charge is -2.09. The fraction of sp³-hybridized carbons (Fsp3) is 0.286. The van der Waals surface area contributed by atoms with Gasteiger partial charge in [0, 0.05) is 6.04 Å². The molecule has 0 atom stereocenters. The number of carbonyl (C=O) groups is 2. The van der Waals surface area contributed by atoms with Crippen molar-refractivity contribution < 1.29 is 22.7 Å². The molecule has 1 heterocycles. The Hall–Kier alpha value is -2.66. The number of nitrogens with one attached hydrogen (secondary N) is 1. The van der Waals surface area contributed by atoms with E-state index in [1.54, 1.807) is 4.72 Å². The van der Waals surface area contributed by atoms with E-state index in [0.29, 0.717) is 4.68 Å². The second-order valence-electron chi connectivity index (χ2n) is 5.46. The maximum absolute atomic E-state index is 12.5. The van der Waals surface area contributed by atoms with E-state index in [1.165, 1.54) is 18.2 Å². The quantitative estimate of drug-likeness (QED) is 0.750. The molecule has 1 aromatic carbocycles. The summed E-state index contributed by atoms with van der Waals surface area (Å²) in [7, 11) is -3.38. The number of hydrogen-bond donors (Lipinski definition) is 1. The number of carbonyl (C=O) groups excluding carboxylic acids is 2. The smallest absolute Gasteiger partial charge is 0.360 e. The molecule has 1 amide bonds. The highest BCUT2D eigenvalue weighted by atomic mass is 35.5. The number of esters is 1. The number of sulfonamides is 1. The largest absolute Gasteiger partial charge is 0.465 e. The first-order chi connectivity index (χ1) is 12.3. The van der Waals surface area contributed by atoms with Crippen LogP contribution in [-0.2, 0) is 14.8 Å². The summed E-state index contributed by atoms with van der Waals surface area (Å²) in [6.07, 6.45) is 1.44. The third kappa shape index (κ3) is 3.22. The highest BCUT2D eigenvalue weighted by Gasteiger charge is 2.32. The van der Waals surface area contributed by atoms with Crippen LogP contribution >= 0.6 is 11.6 Å². The van der Waals surface area contributed by atoms with Crippen molar-refractivity contribution in [3.8, 4) is 0 Å². The van der Waals surface area contributed by atoms with E-state index in [9.17, 15) is 22.8 Å². The fourth-order valence-electron chi connectivity index (χ4n) is 2.32. The first-order valence-corrected chi connectivity index (χ1v) is 9.24. The molecule has 1 aliphatic rings. The van der Waals surface area contributed by atoms with Crippen molar-refractivity contribution in [3.63, 3.8) is 0 Å². The van der Waals surface area contributed by atoms with E-state index >= 15 is 0 Å². The molecule has 0 spiro atoms. The van der Waals surface area contributed by atoms with Gasteiger partial charge in [-0.05, 0) is 36.6 Å². The molecular weight excluding hydrogens is 388 g/mol. The van der Waals surface area contributed by atoms with E-state index in [2.05, 4.69) is 9.84 Å². The number of halogens is 1. The van der Waals surface area contributed by atoms with E-state index < -0.39 is 32.6 Å². The summed E-state index contributed by atoms with van der Waals surface area (Å²) in [4.78, 5) is 35.7. The van der Waals surface area contributed by atoms with Gasteiger partial charge in [0.1, 0.15) is 4.90 Å². The van der Waals surface area contributed by atoms with Crippen molar-refractivity contribution in [2.24, 2.45) is 0 Å². The molecule has 3 rings (SSSR count). The molecule has 10 nitrogen and oxygen atoms in total. The zero-order valence-electron chi connectivity index (χ0n) is 13.4. The summed E-state index contributed by atoms with van der Waals surface area (Å²) in [6, 6.07) is 3.71. The zero-order valence-corrected chi connectivity index (χ0v) is 15.0. The van der Waals surface area contributed by atoms with Crippen molar-refractivity contribution in [1.29, 1.82) is 0 Å². The number of rotatable bonds is 4. The summed E-state index contributed by atoms with van der Waals surface area (Å²) >= 11 is 5.84. The van der Waals surface area contributed by atoms with E-state index in [4.69, 9.17) is 11.6 Å². The van der Waals surface area contributed by atoms with Crippen LogP contribution in [0.1, 0.15) is 29.2 Å². The highest BCUT2D eigenvalue weighted by Crippen LogP contribution is 2.35. The van der Waals surface area contributed by atoms with Gasteiger partial charge in [-0.25, -0.2) is 27.5 Å². The monoisotopic (exact) mass is 400 g/mol. The van der Waals surface area contributed by atoms with Gasteiger partial charge in [-0.1, -0.05) is 12.1 Å². The molecule has 0 aliphatic heterocycles. The summed E-state index contributed by atoms with van der Waals surface area (Å²) in [5, 5.41) is 3.38. The van der Waals surface area contributed by atoms with Gasteiger partial charge >= 0.3 is 17.7 Å². The van der Waals surface area contributed by atoms with Crippen molar-refractivity contribution in [1.82, 2.24) is 19.1 Å². The minimum Gasteiger partial charge on any atom is -0.465 e. The average molecular weight is 401 g/mol. The van der Waals surface area contributed by atoms with Crippen LogP contribution in [0.5, 0.6) is 0 Å². The SMILES string of the molecule is COC(=O)c1ccccc1S(=O)(=O)NC(=O)n1nc(Cl)n(C2CC2)c1=O. The molecule has 1 saturated carbocycles. The highest BCUT2D eigenvalue weighted by molar-refractivity contribution is 7.90. The van der Waals surface area contributed by atoms with Gasteiger partial charge in [0.05, 0.1) is 12.7 Å². The van der Waals surface area contributed by atoms with Gasteiger partial charge in [0.15, 0.2) is 0 Å². The first kappa shape index (κ1) is 18.1. The summed E-state index contributed by atoms with van der Waals surface area (Å²) in [5.74, 6) is -0.892. The Morgan fingerprint density at radius 1 is 1.31 bits per heavy atom. The Bertz CT molecular complexity index is 1050. The summed E-state index contributed by atoms with van der Waals surface area (Å²) in [5.41, 5.74) is -1.10. The standard InChI is InChI=1S/C14H13ClN4O6S/c1-25-11(20)9-4-2-3-5-10(9)26(23,24)17-13(21)19-14(22)18(8-6-7-8)12(15)16-19/h2-5,8H,6-7H2,1H3,(H,17,21). The molecule has 1 fully saturated rings. The Labute approximate surface area is 152 Å². The summed E-state index contributed by atoms with van der Waals surface area (Å²) in [6.45, 7) is 0. The maximum atomic E-state index is 12.5. The van der Waals surface area contributed by atoms with Crippen LogP contribution in [-0.4, -0.2) is 41.9 Å². The van der Waals surface area contributed by atoms with Crippen LogP contribution in [0.15, 0.2) is 34.0 Å². The molecule has 0 bridgehead atoms. The molecule has 1 N–H and O–H groups in total. The van der Waals surface area contributed by atoms with Gasteiger partial charge < -0.3 is 4.74 Å². The molecule has 12 heteroatoms. The second kappa shape index (κ2) is 6.57. The lowest BCUT2D eigenvalue weighted by Crippen LogP contribution is -2.41. The second-order valence-corrected chi connectivity index (χ2v) is 7.45. The van der Waals surface area contributed by atoms with Gasteiger partial charge in [-0.15, -0.1) is 9.78 Å². The first-order valence-electron chi connectivity index (χ1n) is 7.38. The molecule has 0 unspecified atom stereocenters. The number of benzene rings is 1. The molecule has 2 aromatic rings. The third-order valence-electron chi connectivity index (χ3n) is 3.68. The number of nitrogens with zero attached hydrogens (tertiary/aromatic N) is 3. The number of aromatic nitrogens is 3. The van der Waals surface area contributed by atoms with Gasteiger partial charge in [0.2, 0.25) is 5.28 Å². The van der Waals surface area contributed by atoms with E-state index in [1.807, 2.05) is 0 Å². The Morgan fingerprint density at radius 2 is 1.96 bits per heavy atom. The van der Waals surface area contributed by atoms with Crippen molar-refractivity contribution in [3.05, 3.63) is 45.6 Å². The van der Waals surface area contributed by atoms with Crippen molar-refractivity contribution >= 4 is 33.6 Å². The van der Waals surface area contributed by atoms with Crippen LogP contribution in [0.25, 0.3) is 0 Å². The Morgan fingerprint density at radius 3 is 2.58 bits per heavy atom. The maximum Gasteiger partial charge on any atom is 0.360 e. The number of ether oxygens (including phenoxy) is 1. The molecular formula is C14H13ClN4O6S.